The van der Waals surface area contributed by atoms with Crippen LogP contribution in [0.4, 0.5) is 0 Å². The second-order valence-electron chi connectivity index (χ2n) is 7.06. The number of benzene rings is 1. The fourth-order valence-corrected chi connectivity index (χ4v) is 5.16. The summed E-state index contributed by atoms with van der Waals surface area (Å²) in [5.41, 5.74) is 0.853. The monoisotopic (exact) mass is 430 g/mol. The van der Waals surface area contributed by atoms with Gasteiger partial charge in [-0.1, -0.05) is 50.1 Å². The lowest BCUT2D eigenvalue weighted by Gasteiger charge is -2.23. The van der Waals surface area contributed by atoms with Crippen molar-refractivity contribution in [2.24, 2.45) is 0 Å². The number of nitrogens with zero attached hydrogens (tertiary/aromatic N) is 1. The topological polar surface area (TPSA) is 79.3 Å². The number of carboxylic acid groups (broad SMARTS) is 1. The molecular weight excluding hydrogens is 404 g/mol. The van der Waals surface area contributed by atoms with Crippen molar-refractivity contribution in [2.45, 2.75) is 66.4 Å². The molecule has 0 atom stereocenters. The number of hydrogen-bond acceptors (Lipinski definition) is 5. The van der Waals surface area contributed by atoms with Crippen LogP contribution in [0, 0.1) is 0 Å². The lowest BCUT2D eigenvalue weighted by Crippen LogP contribution is -2.36. The van der Waals surface area contributed by atoms with Crippen LogP contribution in [0.1, 0.15) is 66.2 Å². The first kappa shape index (κ1) is 21.7. The highest BCUT2D eigenvalue weighted by molar-refractivity contribution is 8.00. The molecule has 1 heterocycles. The highest BCUT2D eigenvalue weighted by Crippen LogP contribution is 2.32. The van der Waals surface area contributed by atoms with Gasteiger partial charge in [0.05, 0.1) is 11.1 Å². The second-order valence-corrected chi connectivity index (χ2v) is 9.21. The molecule has 0 aliphatic heterocycles. The minimum atomic E-state index is -0.961. The fraction of sp³-hybridized carbons (Fsp3) is 0.409. The number of hydrogen-bond donors (Lipinski definition) is 2. The number of nitrogens with one attached hydrogen (secondary N) is 1. The zero-order valence-corrected chi connectivity index (χ0v) is 18.2. The highest BCUT2D eigenvalue weighted by Gasteiger charge is 2.20. The molecule has 0 saturated heterocycles. The van der Waals surface area contributed by atoms with E-state index in [2.05, 4.69) is 12.2 Å². The Hall–Kier alpha value is -1.99. The number of thioether (sulfide) groups is 1. The van der Waals surface area contributed by atoms with Crippen LogP contribution in [0.2, 0.25) is 0 Å². The first-order valence-corrected chi connectivity index (χ1v) is 11.8. The highest BCUT2D eigenvalue weighted by atomic mass is 32.2. The molecule has 1 aliphatic rings. The number of pyridine rings is 1. The lowest BCUT2D eigenvalue weighted by atomic mass is 9.95. The average molecular weight is 431 g/mol. The van der Waals surface area contributed by atoms with E-state index in [-0.39, 0.29) is 17.5 Å². The SMILES string of the molecule is CCCSc1nc(Sc2ccccc2C(=O)O)ccc1C(=O)NC1CCCCC1. The van der Waals surface area contributed by atoms with Crippen LogP contribution in [0.5, 0.6) is 0 Å². The predicted octanol–water partition coefficient (Wildman–Crippen LogP) is 5.50. The van der Waals surface area contributed by atoms with Gasteiger partial charge >= 0.3 is 5.97 Å². The van der Waals surface area contributed by atoms with Crippen LogP contribution in [-0.4, -0.2) is 33.8 Å². The third-order valence-electron chi connectivity index (χ3n) is 4.79. The molecule has 1 fully saturated rings. The summed E-state index contributed by atoms with van der Waals surface area (Å²) >= 11 is 2.88. The molecule has 0 spiro atoms. The Morgan fingerprint density at radius 2 is 1.86 bits per heavy atom. The van der Waals surface area contributed by atoms with Gasteiger partial charge in [-0.15, -0.1) is 11.8 Å². The van der Waals surface area contributed by atoms with E-state index in [9.17, 15) is 14.7 Å². The molecule has 3 rings (SSSR count). The Kier molecular flexibility index (Phi) is 8.00. The number of aromatic carboxylic acids is 1. The van der Waals surface area contributed by atoms with Gasteiger partial charge < -0.3 is 10.4 Å². The Morgan fingerprint density at radius 1 is 1.10 bits per heavy atom. The maximum Gasteiger partial charge on any atom is 0.336 e. The quantitative estimate of drug-likeness (QED) is 0.539. The van der Waals surface area contributed by atoms with Gasteiger partial charge in [-0.25, -0.2) is 9.78 Å². The Labute approximate surface area is 180 Å². The summed E-state index contributed by atoms with van der Waals surface area (Å²) in [7, 11) is 0. The van der Waals surface area contributed by atoms with Crippen molar-refractivity contribution in [3.05, 3.63) is 47.5 Å². The summed E-state index contributed by atoms with van der Waals surface area (Å²) < 4.78 is 0. The van der Waals surface area contributed by atoms with Crippen LogP contribution in [0.3, 0.4) is 0 Å². The third-order valence-corrected chi connectivity index (χ3v) is 7.00. The fourth-order valence-electron chi connectivity index (χ4n) is 3.32. The smallest absolute Gasteiger partial charge is 0.336 e. The van der Waals surface area contributed by atoms with Crippen molar-refractivity contribution >= 4 is 35.4 Å². The third kappa shape index (κ3) is 6.00. The first-order chi connectivity index (χ1) is 14.1. The van der Waals surface area contributed by atoms with Crippen LogP contribution in [0.15, 0.2) is 51.3 Å². The molecular formula is C22H26N2O3S2. The molecule has 0 radical (unpaired) electrons. The molecule has 1 saturated carbocycles. The summed E-state index contributed by atoms with van der Waals surface area (Å²) in [4.78, 5) is 29.7. The van der Waals surface area contributed by atoms with E-state index >= 15 is 0 Å². The molecule has 154 valence electrons. The molecule has 1 amide bonds. The van der Waals surface area contributed by atoms with Crippen molar-refractivity contribution in [1.82, 2.24) is 10.3 Å². The molecule has 7 heteroatoms. The normalized spacial score (nSPS) is 14.5. The molecule has 1 aromatic carbocycles. The van der Waals surface area contributed by atoms with Crippen molar-refractivity contribution in [1.29, 1.82) is 0 Å². The van der Waals surface area contributed by atoms with Gasteiger partial charge in [0.1, 0.15) is 10.1 Å². The minimum Gasteiger partial charge on any atom is -0.478 e. The molecule has 2 N–H and O–H groups in total. The van der Waals surface area contributed by atoms with Crippen molar-refractivity contribution in [2.75, 3.05) is 5.75 Å². The summed E-state index contributed by atoms with van der Waals surface area (Å²) in [6.07, 6.45) is 6.63. The molecule has 1 aromatic heterocycles. The van der Waals surface area contributed by atoms with Gasteiger partial charge in [0.2, 0.25) is 0 Å². The first-order valence-electron chi connectivity index (χ1n) is 10.0. The van der Waals surface area contributed by atoms with Crippen molar-refractivity contribution in [3.8, 4) is 0 Å². The maximum atomic E-state index is 12.9. The Balaban J connectivity index is 1.82. The van der Waals surface area contributed by atoms with Crippen LogP contribution in [-0.2, 0) is 0 Å². The van der Waals surface area contributed by atoms with E-state index in [0.29, 0.717) is 20.5 Å². The van der Waals surface area contributed by atoms with Crippen LogP contribution >= 0.6 is 23.5 Å². The number of aromatic nitrogens is 1. The van der Waals surface area contributed by atoms with Gasteiger partial charge in [0.15, 0.2) is 0 Å². The van der Waals surface area contributed by atoms with Gasteiger partial charge in [-0.05, 0) is 49.3 Å². The molecule has 0 bridgehead atoms. The molecule has 2 aromatic rings. The van der Waals surface area contributed by atoms with E-state index in [1.807, 2.05) is 12.1 Å². The van der Waals surface area contributed by atoms with Crippen LogP contribution < -0.4 is 5.32 Å². The number of amides is 1. The molecule has 0 unspecified atom stereocenters. The molecule has 29 heavy (non-hydrogen) atoms. The zero-order chi connectivity index (χ0) is 20.6. The largest absolute Gasteiger partial charge is 0.478 e. The summed E-state index contributed by atoms with van der Waals surface area (Å²) in [6.45, 7) is 2.09. The van der Waals surface area contributed by atoms with Gasteiger partial charge in [-0.3, -0.25) is 4.79 Å². The standard InChI is InChI=1S/C22H26N2O3S2/c1-2-14-28-21-17(20(25)23-15-8-4-3-5-9-15)12-13-19(24-21)29-18-11-7-6-10-16(18)22(26)27/h6-7,10-13,15H,2-5,8-9,14H2,1H3,(H,23,25)(H,26,27). The minimum absolute atomic E-state index is 0.0644. The Morgan fingerprint density at radius 3 is 2.59 bits per heavy atom. The van der Waals surface area contributed by atoms with E-state index in [4.69, 9.17) is 4.98 Å². The zero-order valence-electron chi connectivity index (χ0n) is 16.5. The predicted molar refractivity (Wildman–Crippen MR) is 117 cm³/mol. The van der Waals surface area contributed by atoms with E-state index < -0.39 is 5.97 Å². The Bertz CT molecular complexity index is 867. The second kappa shape index (κ2) is 10.7. The molecule has 1 aliphatic carbocycles. The maximum absolute atomic E-state index is 12.9. The van der Waals surface area contributed by atoms with E-state index in [1.165, 1.54) is 31.0 Å². The summed E-state index contributed by atoms with van der Waals surface area (Å²) in [6, 6.07) is 10.7. The van der Waals surface area contributed by atoms with Crippen molar-refractivity contribution in [3.63, 3.8) is 0 Å². The number of carboxylic acids is 1. The van der Waals surface area contributed by atoms with Crippen LogP contribution in [0.25, 0.3) is 0 Å². The van der Waals surface area contributed by atoms with Gasteiger partial charge in [0, 0.05) is 10.9 Å². The molecule has 5 nitrogen and oxygen atoms in total. The lowest BCUT2D eigenvalue weighted by molar-refractivity contribution is 0.0692. The van der Waals surface area contributed by atoms with Crippen molar-refractivity contribution < 1.29 is 14.7 Å². The number of rotatable bonds is 8. The van der Waals surface area contributed by atoms with Gasteiger partial charge in [-0.2, -0.15) is 0 Å². The van der Waals surface area contributed by atoms with Gasteiger partial charge in [0.25, 0.3) is 5.91 Å². The summed E-state index contributed by atoms with van der Waals surface area (Å²) in [5, 5.41) is 14.0. The number of carbonyl (C=O) groups excluding carboxylic acids is 1. The summed E-state index contributed by atoms with van der Waals surface area (Å²) in [5.74, 6) is -0.154. The average Bonchev–Trinajstić information content (AvgIpc) is 2.73. The van der Waals surface area contributed by atoms with E-state index in [0.717, 1.165) is 25.0 Å². The number of carbonyl (C=O) groups is 2. The van der Waals surface area contributed by atoms with E-state index in [1.54, 1.807) is 36.0 Å².